The van der Waals surface area contributed by atoms with Gasteiger partial charge in [0.1, 0.15) is 0 Å². The van der Waals surface area contributed by atoms with E-state index in [4.69, 9.17) is 14.5 Å². The van der Waals surface area contributed by atoms with E-state index in [0.29, 0.717) is 32.3 Å². The van der Waals surface area contributed by atoms with Gasteiger partial charge in [-0.15, -0.1) is 0 Å². The number of benzene rings is 1. The molecule has 1 aliphatic heterocycles. The Morgan fingerprint density at radius 2 is 2.07 bits per heavy atom. The predicted octanol–water partition coefficient (Wildman–Crippen LogP) is 2.93. The number of ether oxygens (including phenoxy) is 2. The molecule has 0 radical (unpaired) electrons. The topological polar surface area (TPSA) is 63.9 Å². The van der Waals surface area contributed by atoms with E-state index in [1.54, 1.807) is 0 Å². The van der Waals surface area contributed by atoms with Crippen LogP contribution in [0.2, 0.25) is 0 Å². The normalized spacial score (nSPS) is 17.0. The number of hydrogen-bond acceptors (Lipinski definition) is 4. The minimum absolute atomic E-state index is 0.514. The van der Waals surface area contributed by atoms with Gasteiger partial charge in [0.05, 0.1) is 32.6 Å². The van der Waals surface area contributed by atoms with E-state index in [1.807, 2.05) is 24.9 Å². The molecule has 1 fully saturated rings. The third-order valence-electron chi connectivity index (χ3n) is 5.27. The fraction of sp³-hybridized carbons (Fsp3) is 0.565. The second-order valence-corrected chi connectivity index (χ2v) is 7.62. The zero-order valence-corrected chi connectivity index (χ0v) is 18.5. The lowest BCUT2D eigenvalue weighted by molar-refractivity contribution is 0.0453. The summed E-state index contributed by atoms with van der Waals surface area (Å²) in [5, 5.41) is 7.78. The standard InChI is InChI=1S/C23H35N5O2/c1-4-24-23(28-10-9-21(17-28)22-15-26-27(3)16-22)25-14-19-7-6-8-20(13-19)18-30-12-11-29-5-2/h6-8,13,15-16,21H,4-5,9-12,14,17-18H2,1-3H3,(H,24,25). The summed E-state index contributed by atoms with van der Waals surface area (Å²) in [4.78, 5) is 7.27. The minimum Gasteiger partial charge on any atom is -0.379 e. The van der Waals surface area contributed by atoms with Crippen molar-refractivity contribution in [2.24, 2.45) is 12.0 Å². The van der Waals surface area contributed by atoms with Crippen LogP contribution in [0.3, 0.4) is 0 Å². The Kier molecular flexibility index (Phi) is 8.71. The van der Waals surface area contributed by atoms with Crippen molar-refractivity contribution < 1.29 is 9.47 Å². The first-order valence-corrected chi connectivity index (χ1v) is 10.9. The molecule has 1 atom stereocenters. The third-order valence-corrected chi connectivity index (χ3v) is 5.27. The minimum atomic E-state index is 0.514. The van der Waals surface area contributed by atoms with E-state index in [0.717, 1.165) is 38.6 Å². The fourth-order valence-electron chi connectivity index (χ4n) is 3.74. The van der Waals surface area contributed by atoms with Gasteiger partial charge in [-0.1, -0.05) is 24.3 Å². The number of guanidine groups is 1. The zero-order chi connectivity index (χ0) is 21.2. The van der Waals surface area contributed by atoms with Crippen LogP contribution in [0.4, 0.5) is 0 Å². The molecule has 0 spiro atoms. The lowest BCUT2D eigenvalue weighted by atomic mass is 10.0. The summed E-state index contributed by atoms with van der Waals surface area (Å²) in [5.41, 5.74) is 3.68. The molecular weight excluding hydrogens is 378 g/mol. The number of nitrogens with zero attached hydrogens (tertiary/aromatic N) is 4. The maximum atomic E-state index is 5.69. The molecule has 164 valence electrons. The van der Waals surface area contributed by atoms with Crippen LogP contribution in [0.15, 0.2) is 41.7 Å². The van der Waals surface area contributed by atoms with E-state index >= 15 is 0 Å². The van der Waals surface area contributed by atoms with Gasteiger partial charge in [-0.2, -0.15) is 5.10 Å². The predicted molar refractivity (Wildman–Crippen MR) is 120 cm³/mol. The van der Waals surface area contributed by atoms with Crippen LogP contribution in [0.1, 0.15) is 42.9 Å². The summed E-state index contributed by atoms with van der Waals surface area (Å²) in [6.45, 7) is 10.2. The van der Waals surface area contributed by atoms with Crippen molar-refractivity contribution in [3.05, 3.63) is 53.3 Å². The van der Waals surface area contributed by atoms with Gasteiger partial charge >= 0.3 is 0 Å². The number of likely N-dealkylation sites (tertiary alicyclic amines) is 1. The molecular formula is C23H35N5O2. The molecule has 1 aliphatic rings. The molecule has 0 aliphatic carbocycles. The average Bonchev–Trinajstić information content (AvgIpc) is 3.40. The molecule has 2 aromatic rings. The highest BCUT2D eigenvalue weighted by Crippen LogP contribution is 2.26. The summed E-state index contributed by atoms with van der Waals surface area (Å²) >= 11 is 0. The highest BCUT2D eigenvalue weighted by Gasteiger charge is 2.26. The number of aryl methyl sites for hydroxylation is 1. The summed E-state index contributed by atoms with van der Waals surface area (Å²) in [6, 6.07) is 8.47. The third kappa shape index (κ3) is 6.57. The lowest BCUT2D eigenvalue weighted by Gasteiger charge is -2.21. The Morgan fingerprint density at radius 1 is 1.23 bits per heavy atom. The molecule has 1 saturated heterocycles. The van der Waals surface area contributed by atoms with Crippen LogP contribution in [0.25, 0.3) is 0 Å². The van der Waals surface area contributed by atoms with Crippen molar-refractivity contribution in [3.63, 3.8) is 0 Å². The maximum absolute atomic E-state index is 5.69. The van der Waals surface area contributed by atoms with Gasteiger partial charge in [0.15, 0.2) is 5.96 Å². The first-order chi connectivity index (χ1) is 14.7. The zero-order valence-electron chi connectivity index (χ0n) is 18.5. The average molecular weight is 414 g/mol. The number of nitrogens with one attached hydrogen (secondary N) is 1. The Balaban J connectivity index is 1.56. The second kappa shape index (κ2) is 11.7. The molecule has 3 rings (SSSR count). The van der Waals surface area contributed by atoms with Crippen molar-refractivity contribution in [3.8, 4) is 0 Å². The van der Waals surface area contributed by atoms with Crippen molar-refractivity contribution in [1.29, 1.82) is 0 Å². The molecule has 1 unspecified atom stereocenters. The van der Waals surface area contributed by atoms with Crippen LogP contribution >= 0.6 is 0 Å². The highest BCUT2D eigenvalue weighted by molar-refractivity contribution is 5.80. The smallest absolute Gasteiger partial charge is 0.194 e. The molecule has 0 bridgehead atoms. The molecule has 1 aromatic carbocycles. The van der Waals surface area contributed by atoms with Crippen LogP contribution in [-0.4, -0.2) is 60.1 Å². The molecule has 7 nitrogen and oxygen atoms in total. The van der Waals surface area contributed by atoms with Gasteiger partial charge < -0.3 is 19.7 Å². The molecule has 0 amide bonds. The van der Waals surface area contributed by atoms with E-state index < -0.39 is 0 Å². The van der Waals surface area contributed by atoms with E-state index in [2.05, 4.69) is 52.7 Å². The SMILES string of the molecule is CCNC(=NCc1cccc(COCCOCC)c1)N1CCC(c2cnn(C)c2)C1. The Hall–Kier alpha value is -2.38. The van der Waals surface area contributed by atoms with Crippen LogP contribution < -0.4 is 5.32 Å². The second-order valence-electron chi connectivity index (χ2n) is 7.62. The highest BCUT2D eigenvalue weighted by atomic mass is 16.5. The molecule has 1 N–H and O–H groups in total. The molecule has 0 saturated carbocycles. The molecule has 2 heterocycles. The molecule has 7 heteroatoms. The van der Waals surface area contributed by atoms with Crippen molar-refractivity contribution in [2.75, 3.05) is 39.5 Å². The van der Waals surface area contributed by atoms with Gasteiger partial charge in [0.25, 0.3) is 0 Å². The van der Waals surface area contributed by atoms with Crippen molar-refractivity contribution >= 4 is 5.96 Å². The first kappa shape index (κ1) is 22.3. The quantitative estimate of drug-likeness (QED) is 0.369. The fourth-order valence-corrected chi connectivity index (χ4v) is 3.74. The molecule has 30 heavy (non-hydrogen) atoms. The van der Waals surface area contributed by atoms with Crippen molar-refractivity contribution in [2.45, 2.75) is 39.3 Å². The Bertz CT molecular complexity index is 804. The maximum Gasteiger partial charge on any atom is 0.194 e. The Morgan fingerprint density at radius 3 is 2.83 bits per heavy atom. The number of rotatable bonds is 10. The van der Waals surface area contributed by atoms with Gasteiger partial charge in [-0.3, -0.25) is 4.68 Å². The van der Waals surface area contributed by atoms with Gasteiger partial charge in [-0.05, 0) is 37.0 Å². The van der Waals surface area contributed by atoms with Gasteiger partial charge in [-0.25, -0.2) is 4.99 Å². The number of hydrogen-bond donors (Lipinski definition) is 1. The largest absolute Gasteiger partial charge is 0.379 e. The van der Waals surface area contributed by atoms with Crippen LogP contribution in [0.5, 0.6) is 0 Å². The summed E-state index contributed by atoms with van der Waals surface area (Å²) in [5.74, 6) is 1.50. The summed E-state index contributed by atoms with van der Waals surface area (Å²) < 4.78 is 12.9. The van der Waals surface area contributed by atoms with Crippen molar-refractivity contribution in [1.82, 2.24) is 20.0 Å². The van der Waals surface area contributed by atoms with Crippen LogP contribution in [0, 0.1) is 0 Å². The number of aliphatic imine (C=N–C) groups is 1. The summed E-state index contributed by atoms with van der Waals surface area (Å²) in [7, 11) is 1.97. The van der Waals surface area contributed by atoms with Gasteiger partial charge in [0, 0.05) is 45.4 Å². The van der Waals surface area contributed by atoms with Gasteiger partial charge in [0.2, 0.25) is 0 Å². The van der Waals surface area contributed by atoms with Crippen LogP contribution in [-0.2, 0) is 29.7 Å². The van der Waals surface area contributed by atoms with E-state index in [-0.39, 0.29) is 0 Å². The molecule has 1 aromatic heterocycles. The summed E-state index contributed by atoms with van der Waals surface area (Å²) in [6.07, 6.45) is 5.24. The Labute approximate surface area is 180 Å². The number of aromatic nitrogens is 2. The van der Waals surface area contributed by atoms with E-state index in [9.17, 15) is 0 Å². The van der Waals surface area contributed by atoms with E-state index in [1.165, 1.54) is 16.7 Å². The monoisotopic (exact) mass is 413 g/mol. The lowest BCUT2D eigenvalue weighted by Crippen LogP contribution is -2.40. The first-order valence-electron chi connectivity index (χ1n) is 10.9.